The highest BCUT2D eigenvalue weighted by atomic mass is 16.2. The van der Waals surface area contributed by atoms with E-state index in [4.69, 9.17) is 5.10 Å². The Morgan fingerprint density at radius 1 is 1.15 bits per heavy atom. The number of nitrogens with one attached hydrogen (secondary N) is 1. The molecule has 4 rings (SSSR count). The van der Waals surface area contributed by atoms with Gasteiger partial charge >= 0.3 is 0 Å². The molecule has 1 amide bonds. The zero-order valence-electron chi connectivity index (χ0n) is 21.1. The van der Waals surface area contributed by atoms with Crippen molar-refractivity contribution in [2.75, 3.05) is 27.2 Å². The van der Waals surface area contributed by atoms with Gasteiger partial charge in [-0.3, -0.25) is 14.3 Å². The van der Waals surface area contributed by atoms with Crippen LogP contribution in [0.3, 0.4) is 0 Å². The van der Waals surface area contributed by atoms with Crippen molar-refractivity contribution in [3.05, 3.63) is 52.8 Å². The highest BCUT2D eigenvalue weighted by Gasteiger charge is 2.25. The third-order valence-electron chi connectivity index (χ3n) is 7.20. The predicted octanol–water partition coefficient (Wildman–Crippen LogP) is 4.86. The molecule has 0 saturated heterocycles. The summed E-state index contributed by atoms with van der Waals surface area (Å²) in [6, 6.07) is 4.68. The zero-order valence-corrected chi connectivity index (χ0v) is 21.1. The molecule has 1 N–H and O–H groups in total. The molecule has 34 heavy (non-hydrogen) atoms. The minimum atomic E-state index is -0.293. The standard InChI is InChI=1S/C28H38N4O2/c1-19-13-20(2)24(27(33)14-19)17-29-28(34)23-15-21(9-7-8-12-31(3)4)16-26-25(23)18-30-32(26)22-10-5-6-11-22/h13-16,18,22,24H,5-12,17H2,1-4H3,(H,29,34). The summed E-state index contributed by atoms with van der Waals surface area (Å²) in [5.41, 5.74) is 4.87. The van der Waals surface area contributed by atoms with Crippen molar-refractivity contribution in [1.29, 1.82) is 0 Å². The third-order valence-corrected chi connectivity index (χ3v) is 7.20. The monoisotopic (exact) mass is 462 g/mol. The minimum Gasteiger partial charge on any atom is -0.351 e. The maximum absolute atomic E-state index is 13.4. The topological polar surface area (TPSA) is 67.2 Å². The Morgan fingerprint density at radius 3 is 2.62 bits per heavy atom. The second kappa shape index (κ2) is 10.7. The molecule has 0 aliphatic heterocycles. The summed E-state index contributed by atoms with van der Waals surface area (Å²) in [5.74, 6) is -0.358. The van der Waals surface area contributed by atoms with E-state index in [9.17, 15) is 9.59 Å². The molecule has 2 aliphatic rings. The lowest BCUT2D eigenvalue weighted by molar-refractivity contribution is -0.117. The molecule has 6 heteroatoms. The highest BCUT2D eigenvalue weighted by molar-refractivity contribution is 6.07. The molecule has 1 saturated carbocycles. The molecule has 1 atom stereocenters. The number of hydrogen-bond donors (Lipinski definition) is 1. The molecule has 0 spiro atoms. The van der Waals surface area contributed by atoms with Gasteiger partial charge in [-0.15, -0.1) is 0 Å². The highest BCUT2D eigenvalue weighted by Crippen LogP contribution is 2.33. The number of unbranched alkanes of at least 4 members (excludes halogenated alkanes) is 1. The Hall–Kier alpha value is -2.73. The molecule has 1 aromatic carbocycles. The second-order valence-electron chi connectivity index (χ2n) is 10.3. The van der Waals surface area contributed by atoms with Gasteiger partial charge in [-0.05, 0) is 95.9 Å². The molecule has 2 aliphatic carbocycles. The number of ketones is 1. The first-order valence-corrected chi connectivity index (χ1v) is 12.7. The van der Waals surface area contributed by atoms with Gasteiger partial charge in [0.15, 0.2) is 5.78 Å². The Kier molecular flexibility index (Phi) is 7.67. The average Bonchev–Trinajstić information content (AvgIpc) is 3.44. The number of fused-ring (bicyclic) bond motifs is 1. The van der Waals surface area contributed by atoms with Crippen LogP contribution in [0.2, 0.25) is 0 Å². The van der Waals surface area contributed by atoms with E-state index in [1.165, 1.54) is 18.4 Å². The number of carbonyl (C=O) groups excluding carboxylic acids is 2. The Balaban J connectivity index is 1.57. The van der Waals surface area contributed by atoms with Gasteiger partial charge < -0.3 is 10.2 Å². The molecule has 6 nitrogen and oxygen atoms in total. The first-order valence-electron chi connectivity index (χ1n) is 12.7. The molecule has 1 fully saturated rings. The van der Waals surface area contributed by atoms with E-state index in [1.54, 1.807) is 6.08 Å². The van der Waals surface area contributed by atoms with Crippen LogP contribution in [0.1, 0.15) is 74.3 Å². The van der Waals surface area contributed by atoms with Crippen LogP contribution in [0.15, 0.2) is 41.6 Å². The Bertz CT molecular complexity index is 1120. The first-order chi connectivity index (χ1) is 16.3. The van der Waals surface area contributed by atoms with E-state index in [-0.39, 0.29) is 17.6 Å². The quantitative estimate of drug-likeness (QED) is 0.541. The maximum Gasteiger partial charge on any atom is 0.252 e. The van der Waals surface area contributed by atoms with Crippen LogP contribution < -0.4 is 5.32 Å². The zero-order chi connectivity index (χ0) is 24.2. The number of allylic oxidation sites excluding steroid dienone is 3. The van der Waals surface area contributed by atoms with Gasteiger partial charge in [-0.1, -0.05) is 24.5 Å². The fourth-order valence-electron chi connectivity index (χ4n) is 5.33. The number of amides is 1. The molecule has 0 bridgehead atoms. The van der Waals surface area contributed by atoms with Gasteiger partial charge in [-0.2, -0.15) is 5.10 Å². The van der Waals surface area contributed by atoms with Crippen LogP contribution in [0.4, 0.5) is 0 Å². The smallest absolute Gasteiger partial charge is 0.252 e. The lowest BCUT2D eigenvalue weighted by Gasteiger charge is -2.20. The van der Waals surface area contributed by atoms with Crippen molar-refractivity contribution in [2.45, 2.75) is 64.8 Å². The summed E-state index contributed by atoms with van der Waals surface area (Å²) in [7, 11) is 4.19. The molecular weight excluding hydrogens is 424 g/mol. The van der Waals surface area contributed by atoms with Crippen molar-refractivity contribution < 1.29 is 9.59 Å². The molecule has 182 valence electrons. The predicted molar refractivity (Wildman–Crippen MR) is 137 cm³/mol. The molecule has 0 radical (unpaired) electrons. The van der Waals surface area contributed by atoms with E-state index in [0.717, 1.165) is 60.7 Å². The van der Waals surface area contributed by atoms with Gasteiger partial charge in [0.05, 0.1) is 29.2 Å². The van der Waals surface area contributed by atoms with Crippen molar-refractivity contribution in [3.8, 4) is 0 Å². The van der Waals surface area contributed by atoms with Crippen LogP contribution in [0.25, 0.3) is 10.9 Å². The normalized spacial score (nSPS) is 19.1. The Morgan fingerprint density at radius 2 is 1.91 bits per heavy atom. The van der Waals surface area contributed by atoms with Crippen molar-refractivity contribution in [1.82, 2.24) is 20.0 Å². The van der Waals surface area contributed by atoms with Crippen LogP contribution in [0.5, 0.6) is 0 Å². The number of aryl methyl sites for hydroxylation is 1. The fourth-order valence-corrected chi connectivity index (χ4v) is 5.33. The van der Waals surface area contributed by atoms with Gasteiger partial charge in [0.2, 0.25) is 0 Å². The van der Waals surface area contributed by atoms with E-state index >= 15 is 0 Å². The van der Waals surface area contributed by atoms with Gasteiger partial charge in [0.1, 0.15) is 0 Å². The number of hydrogen-bond acceptors (Lipinski definition) is 4. The first kappa shape index (κ1) is 24.4. The van der Waals surface area contributed by atoms with Gasteiger partial charge in [-0.25, -0.2) is 0 Å². The number of benzene rings is 1. The van der Waals surface area contributed by atoms with Crippen molar-refractivity contribution in [3.63, 3.8) is 0 Å². The average molecular weight is 463 g/mol. The maximum atomic E-state index is 13.4. The van der Waals surface area contributed by atoms with E-state index < -0.39 is 0 Å². The Labute approximate surface area is 203 Å². The van der Waals surface area contributed by atoms with E-state index in [0.29, 0.717) is 18.2 Å². The third kappa shape index (κ3) is 5.49. The van der Waals surface area contributed by atoms with Crippen LogP contribution in [-0.4, -0.2) is 53.6 Å². The minimum absolute atomic E-state index is 0.0617. The number of nitrogens with zero attached hydrogens (tertiary/aromatic N) is 3. The summed E-state index contributed by atoms with van der Waals surface area (Å²) < 4.78 is 2.15. The van der Waals surface area contributed by atoms with Gasteiger partial charge in [0, 0.05) is 11.9 Å². The van der Waals surface area contributed by atoms with Crippen molar-refractivity contribution in [2.24, 2.45) is 5.92 Å². The lowest BCUT2D eigenvalue weighted by Crippen LogP contribution is -2.34. The molecular formula is C28H38N4O2. The molecule has 2 aromatic rings. The molecule has 1 heterocycles. The summed E-state index contributed by atoms with van der Waals surface area (Å²) in [5, 5.41) is 8.68. The van der Waals surface area contributed by atoms with Gasteiger partial charge in [0.25, 0.3) is 5.91 Å². The molecule has 1 unspecified atom stereocenters. The summed E-state index contributed by atoms with van der Waals surface area (Å²) in [4.78, 5) is 28.1. The summed E-state index contributed by atoms with van der Waals surface area (Å²) in [6.07, 6.45) is 13.4. The van der Waals surface area contributed by atoms with Crippen LogP contribution in [-0.2, 0) is 11.2 Å². The van der Waals surface area contributed by atoms with Crippen molar-refractivity contribution >= 4 is 22.6 Å². The van der Waals surface area contributed by atoms with Crippen LogP contribution >= 0.6 is 0 Å². The number of rotatable bonds is 9. The second-order valence-corrected chi connectivity index (χ2v) is 10.3. The lowest BCUT2D eigenvalue weighted by atomic mass is 9.88. The summed E-state index contributed by atoms with van der Waals surface area (Å²) >= 11 is 0. The fraction of sp³-hybridized carbons (Fsp3) is 0.536. The summed E-state index contributed by atoms with van der Waals surface area (Å²) in [6.45, 7) is 5.27. The van der Waals surface area contributed by atoms with E-state index in [2.05, 4.69) is 35.1 Å². The van der Waals surface area contributed by atoms with Crippen LogP contribution in [0, 0.1) is 5.92 Å². The number of carbonyl (C=O) groups is 2. The SMILES string of the molecule is CC1=CC(=O)C(CNC(=O)c2cc(CCCCN(C)C)cc3c2cnn3C2CCCC2)C(C)=C1. The largest absolute Gasteiger partial charge is 0.351 e. The number of aromatic nitrogens is 2. The molecule has 1 aromatic heterocycles. The van der Waals surface area contributed by atoms with E-state index in [1.807, 2.05) is 32.2 Å².